The zero-order valence-corrected chi connectivity index (χ0v) is 11.8. The van der Waals surface area contributed by atoms with Crippen molar-refractivity contribution in [1.82, 2.24) is 20.1 Å². The number of aromatic amines is 1. The maximum Gasteiger partial charge on any atom is 0.439 e. The van der Waals surface area contributed by atoms with Gasteiger partial charge in [-0.25, -0.2) is 14.8 Å². The van der Waals surface area contributed by atoms with Crippen LogP contribution in [0, 0.1) is 0 Å². The molecule has 0 bridgehead atoms. The van der Waals surface area contributed by atoms with Gasteiger partial charge in [-0.2, -0.15) is 13.2 Å². The first-order valence-corrected chi connectivity index (χ1v) is 6.46. The number of H-pyrrole nitrogens is 1. The van der Waals surface area contributed by atoms with Crippen molar-refractivity contribution in [3.8, 4) is 11.5 Å². The van der Waals surface area contributed by atoms with Crippen LogP contribution < -0.4 is 16.8 Å². The van der Waals surface area contributed by atoms with Crippen LogP contribution in [0.4, 0.5) is 30.4 Å². The van der Waals surface area contributed by atoms with Crippen molar-refractivity contribution in [2.75, 3.05) is 11.1 Å². The van der Waals surface area contributed by atoms with Crippen LogP contribution in [0.15, 0.2) is 39.9 Å². The van der Waals surface area contributed by atoms with Crippen LogP contribution in [0.1, 0.15) is 5.56 Å². The molecule has 3 rings (SSSR count). The molecule has 0 aliphatic heterocycles. The molecule has 2 aromatic heterocycles. The minimum absolute atomic E-state index is 0.0236. The lowest BCUT2D eigenvalue weighted by atomic mass is 10.1. The van der Waals surface area contributed by atoms with Crippen molar-refractivity contribution in [1.29, 1.82) is 0 Å². The number of nitrogens with zero attached hydrogens (tertiary/aromatic N) is 3. The third-order valence-electron chi connectivity index (χ3n) is 2.98. The number of aromatic nitrogens is 4. The van der Waals surface area contributed by atoms with Gasteiger partial charge in [-0.3, -0.25) is 9.51 Å². The molecule has 0 saturated heterocycles. The first-order valence-electron chi connectivity index (χ1n) is 6.46. The number of rotatable bonds is 3. The number of hydrogen-bond acceptors (Lipinski definition) is 7. The summed E-state index contributed by atoms with van der Waals surface area (Å²) in [6, 6.07) is 3.17. The van der Waals surface area contributed by atoms with Crippen molar-refractivity contribution in [3.05, 3.63) is 46.7 Å². The molecule has 4 N–H and O–H groups in total. The first kappa shape index (κ1) is 15.5. The van der Waals surface area contributed by atoms with E-state index in [9.17, 15) is 18.0 Å². The predicted octanol–water partition coefficient (Wildman–Crippen LogP) is 2.16. The fraction of sp³-hybridized carbons (Fsp3) is 0.0769. The zero-order valence-electron chi connectivity index (χ0n) is 11.8. The average Bonchev–Trinajstić information content (AvgIpc) is 2.93. The average molecular weight is 338 g/mol. The van der Waals surface area contributed by atoms with E-state index in [2.05, 4.69) is 29.9 Å². The highest BCUT2D eigenvalue weighted by Gasteiger charge is 2.32. The maximum absolute atomic E-state index is 12.7. The second kappa shape index (κ2) is 5.68. The van der Waals surface area contributed by atoms with Gasteiger partial charge < -0.3 is 11.1 Å². The second-order valence-corrected chi connectivity index (χ2v) is 4.62. The Morgan fingerprint density at radius 1 is 1.21 bits per heavy atom. The molecular formula is C13H9F3N6O2. The number of nitrogens with one attached hydrogen (secondary N) is 2. The monoisotopic (exact) mass is 338 g/mol. The van der Waals surface area contributed by atoms with Gasteiger partial charge in [-0.15, -0.1) is 0 Å². The summed E-state index contributed by atoms with van der Waals surface area (Å²) in [6.07, 6.45) is -1.83. The Balaban J connectivity index is 1.95. The summed E-state index contributed by atoms with van der Waals surface area (Å²) in [7, 11) is 0. The quantitative estimate of drug-likeness (QED) is 0.625. The van der Waals surface area contributed by atoms with Crippen LogP contribution in [-0.4, -0.2) is 20.1 Å². The summed E-state index contributed by atoms with van der Waals surface area (Å²) < 4.78 is 42.6. The summed E-state index contributed by atoms with van der Waals surface area (Å²) in [5.41, 5.74) is 4.48. The van der Waals surface area contributed by atoms with E-state index in [1.807, 2.05) is 0 Å². The number of benzene rings is 1. The van der Waals surface area contributed by atoms with Crippen LogP contribution in [0.3, 0.4) is 0 Å². The van der Waals surface area contributed by atoms with Crippen molar-refractivity contribution < 1.29 is 17.7 Å². The molecule has 0 aliphatic rings. The van der Waals surface area contributed by atoms with Gasteiger partial charge in [0, 0.05) is 23.8 Å². The van der Waals surface area contributed by atoms with Crippen molar-refractivity contribution >= 4 is 17.2 Å². The predicted molar refractivity (Wildman–Crippen MR) is 77.3 cm³/mol. The minimum Gasteiger partial charge on any atom is -0.398 e. The van der Waals surface area contributed by atoms with Gasteiger partial charge in [0.05, 0.1) is 5.56 Å². The van der Waals surface area contributed by atoms with E-state index in [-0.39, 0.29) is 23.0 Å². The highest BCUT2D eigenvalue weighted by atomic mass is 19.4. The summed E-state index contributed by atoms with van der Waals surface area (Å²) in [4.78, 5) is 21.4. The van der Waals surface area contributed by atoms with E-state index in [4.69, 9.17) is 5.73 Å². The zero-order chi connectivity index (χ0) is 17.3. The Kier molecular flexibility index (Phi) is 3.67. The fourth-order valence-electron chi connectivity index (χ4n) is 1.97. The molecule has 0 spiro atoms. The van der Waals surface area contributed by atoms with Gasteiger partial charge in [0.15, 0.2) is 11.5 Å². The Morgan fingerprint density at radius 2 is 1.96 bits per heavy atom. The smallest absolute Gasteiger partial charge is 0.398 e. The van der Waals surface area contributed by atoms with Crippen LogP contribution in [0.25, 0.3) is 11.5 Å². The normalized spacial score (nSPS) is 11.5. The molecule has 24 heavy (non-hydrogen) atoms. The summed E-state index contributed by atoms with van der Waals surface area (Å²) in [5.74, 6) is -0.600. The Bertz CT molecular complexity index is 934. The lowest BCUT2D eigenvalue weighted by Gasteiger charge is -2.13. The Labute approximate surface area is 131 Å². The van der Waals surface area contributed by atoms with E-state index in [0.717, 1.165) is 12.1 Å². The molecule has 0 amide bonds. The fourth-order valence-corrected chi connectivity index (χ4v) is 1.97. The molecule has 2 heterocycles. The van der Waals surface area contributed by atoms with E-state index < -0.39 is 23.2 Å². The highest BCUT2D eigenvalue weighted by Crippen LogP contribution is 2.35. The van der Waals surface area contributed by atoms with Gasteiger partial charge in [-0.1, -0.05) is 5.16 Å². The third-order valence-corrected chi connectivity index (χ3v) is 2.98. The molecule has 0 saturated carbocycles. The largest absolute Gasteiger partial charge is 0.439 e. The number of alkyl halides is 3. The van der Waals surface area contributed by atoms with E-state index in [0.29, 0.717) is 0 Å². The standard InChI is InChI=1S/C13H9F3N6O2/c14-13(15,16)7-2-1-6(5-8(7)17)20-10-9(18-3-4-19-10)11-21-12(23)24-22-11/h1-5H,17H2,(H,19,20)(H,21,22,23). The summed E-state index contributed by atoms with van der Waals surface area (Å²) in [6.45, 7) is 0. The van der Waals surface area contributed by atoms with Crippen LogP contribution in [-0.2, 0) is 6.18 Å². The van der Waals surface area contributed by atoms with E-state index >= 15 is 0 Å². The SMILES string of the molecule is Nc1cc(Nc2nccnc2-c2noc(=O)[nH]2)ccc1C(F)(F)F. The number of halogens is 3. The van der Waals surface area contributed by atoms with Gasteiger partial charge in [0.2, 0.25) is 5.82 Å². The molecule has 8 nitrogen and oxygen atoms in total. The molecule has 0 aliphatic carbocycles. The van der Waals surface area contributed by atoms with Crippen LogP contribution in [0.2, 0.25) is 0 Å². The van der Waals surface area contributed by atoms with Crippen LogP contribution >= 0.6 is 0 Å². The Morgan fingerprint density at radius 3 is 2.58 bits per heavy atom. The lowest BCUT2D eigenvalue weighted by molar-refractivity contribution is -0.136. The van der Waals surface area contributed by atoms with Gasteiger partial charge in [0.25, 0.3) is 0 Å². The number of anilines is 3. The lowest BCUT2D eigenvalue weighted by Crippen LogP contribution is -2.09. The first-order chi connectivity index (χ1) is 11.3. The summed E-state index contributed by atoms with van der Waals surface area (Å²) in [5, 5.41) is 6.27. The molecule has 124 valence electrons. The molecule has 11 heteroatoms. The highest BCUT2D eigenvalue weighted by molar-refractivity contribution is 5.72. The molecule has 1 aromatic carbocycles. The number of hydrogen-bond donors (Lipinski definition) is 3. The summed E-state index contributed by atoms with van der Waals surface area (Å²) >= 11 is 0. The van der Waals surface area contributed by atoms with Crippen LogP contribution in [0.5, 0.6) is 0 Å². The molecule has 3 aromatic rings. The van der Waals surface area contributed by atoms with Gasteiger partial charge in [-0.05, 0) is 18.2 Å². The molecule has 0 radical (unpaired) electrons. The van der Waals surface area contributed by atoms with Crippen molar-refractivity contribution in [2.45, 2.75) is 6.18 Å². The molecule has 0 fully saturated rings. The van der Waals surface area contributed by atoms with E-state index in [1.54, 1.807) is 0 Å². The molecule has 0 unspecified atom stereocenters. The second-order valence-electron chi connectivity index (χ2n) is 4.62. The van der Waals surface area contributed by atoms with Crippen molar-refractivity contribution in [2.24, 2.45) is 0 Å². The minimum atomic E-state index is -4.54. The van der Waals surface area contributed by atoms with Crippen molar-refractivity contribution in [3.63, 3.8) is 0 Å². The number of nitrogen functional groups attached to an aromatic ring is 1. The molecule has 0 atom stereocenters. The Hall–Kier alpha value is -3.37. The van der Waals surface area contributed by atoms with E-state index in [1.165, 1.54) is 18.5 Å². The molecular weight excluding hydrogens is 329 g/mol. The maximum atomic E-state index is 12.7. The van der Waals surface area contributed by atoms with Gasteiger partial charge in [0.1, 0.15) is 0 Å². The topological polar surface area (TPSA) is 123 Å². The third kappa shape index (κ3) is 3.04. The van der Waals surface area contributed by atoms with Gasteiger partial charge >= 0.3 is 11.9 Å². The number of nitrogens with two attached hydrogens (primary N) is 1.